The summed E-state index contributed by atoms with van der Waals surface area (Å²) >= 11 is 0. The van der Waals surface area contributed by atoms with Crippen molar-refractivity contribution in [2.24, 2.45) is 11.8 Å². The van der Waals surface area contributed by atoms with Crippen LogP contribution in [0.3, 0.4) is 0 Å². The fraction of sp³-hybridized carbons (Fsp3) is 0.375. The summed E-state index contributed by atoms with van der Waals surface area (Å²) in [5.41, 5.74) is 0.000814. The predicted octanol–water partition coefficient (Wildman–Crippen LogP) is 1.05. The van der Waals surface area contributed by atoms with E-state index in [-0.39, 0.29) is 30.6 Å². The van der Waals surface area contributed by atoms with Gasteiger partial charge in [0.25, 0.3) is 5.91 Å². The highest BCUT2D eigenvalue weighted by atomic mass is 19.1. The molecule has 2 heterocycles. The number of carbonyl (C=O) groups excluding carboxylic acids is 1. The van der Waals surface area contributed by atoms with E-state index in [1.807, 2.05) is 0 Å². The van der Waals surface area contributed by atoms with Gasteiger partial charge in [0.15, 0.2) is 0 Å². The van der Waals surface area contributed by atoms with E-state index in [4.69, 9.17) is 0 Å². The van der Waals surface area contributed by atoms with Gasteiger partial charge < -0.3 is 15.1 Å². The van der Waals surface area contributed by atoms with E-state index in [2.05, 4.69) is 4.98 Å². The summed E-state index contributed by atoms with van der Waals surface area (Å²) in [6.45, 7) is 0.427. The van der Waals surface area contributed by atoms with Gasteiger partial charge in [-0.15, -0.1) is 0 Å². The van der Waals surface area contributed by atoms with Gasteiger partial charge in [0.2, 0.25) is 0 Å². The van der Waals surface area contributed by atoms with Crippen LogP contribution < -0.4 is 0 Å². The van der Waals surface area contributed by atoms with Crippen molar-refractivity contribution >= 4 is 16.7 Å². The molecule has 1 aliphatic rings. The third-order valence-corrected chi connectivity index (χ3v) is 4.32. The molecule has 2 aromatic rings. The minimum absolute atomic E-state index is 0.000814. The van der Waals surface area contributed by atoms with Crippen LogP contribution in [0.4, 0.5) is 4.39 Å². The van der Waals surface area contributed by atoms with Crippen LogP contribution in [0.1, 0.15) is 10.4 Å². The van der Waals surface area contributed by atoms with E-state index >= 15 is 0 Å². The Bertz CT molecular complexity index is 695. The van der Waals surface area contributed by atoms with Crippen molar-refractivity contribution in [3.8, 4) is 0 Å². The first kappa shape index (κ1) is 14.9. The molecule has 116 valence electrons. The van der Waals surface area contributed by atoms with E-state index in [9.17, 15) is 19.4 Å². The number of rotatable bonds is 3. The van der Waals surface area contributed by atoms with E-state index in [0.717, 1.165) is 5.39 Å². The number of carbonyl (C=O) groups is 1. The number of nitrogens with zero attached hydrogens (tertiary/aromatic N) is 2. The van der Waals surface area contributed by atoms with Crippen LogP contribution in [0, 0.1) is 17.7 Å². The smallest absolute Gasteiger partial charge is 0.257 e. The number of aromatic nitrogens is 1. The average Bonchev–Trinajstić information content (AvgIpc) is 2.97. The maximum absolute atomic E-state index is 14.2. The predicted molar refractivity (Wildman–Crippen MR) is 78.8 cm³/mol. The van der Waals surface area contributed by atoms with Crippen molar-refractivity contribution < 1.29 is 19.4 Å². The van der Waals surface area contributed by atoms with Gasteiger partial charge in [-0.25, -0.2) is 4.39 Å². The van der Waals surface area contributed by atoms with Crippen LogP contribution in [0.5, 0.6) is 0 Å². The number of aliphatic hydroxyl groups is 2. The maximum Gasteiger partial charge on any atom is 0.257 e. The van der Waals surface area contributed by atoms with Gasteiger partial charge >= 0.3 is 0 Å². The van der Waals surface area contributed by atoms with Crippen molar-refractivity contribution in [2.75, 3.05) is 26.3 Å². The summed E-state index contributed by atoms with van der Waals surface area (Å²) in [7, 11) is 0. The number of hydrogen-bond donors (Lipinski definition) is 2. The molecule has 1 fully saturated rings. The van der Waals surface area contributed by atoms with Crippen LogP contribution in [-0.4, -0.2) is 52.3 Å². The molecule has 1 aromatic heterocycles. The number of benzene rings is 1. The zero-order chi connectivity index (χ0) is 15.7. The van der Waals surface area contributed by atoms with Crippen LogP contribution in [0.15, 0.2) is 30.6 Å². The zero-order valence-corrected chi connectivity index (χ0v) is 11.9. The van der Waals surface area contributed by atoms with E-state index in [1.54, 1.807) is 18.3 Å². The molecule has 2 atom stereocenters. The van der Waals surface area contributed by atoms with Crippen molar-refractivity contribution in [3.63, 3.8) is 0 Å². The standard InChI is InChI=1S/C16H17FN2O3/c17-14-2-1-10-3-4-18-5-13(10)15(14)16(22)19-6-11(8-20)12(7-19)9-21/h1-5,11-12,20-21H,6-9H2/t11-,12-/m0/s1. The number of hydrogen-bond acceptors (Lipinski definition) is 4. The maximum atomic E-state index is 14.2. The summed E-state index contributed by atoms with van der Waals surface area (Å²) in [5.74, 6) is -1.36. The Kier molecular flexibility index (Phi) is 4.04. The van der Waals surface area contributed by atoms with E-state index in [0.29, 0.717) is 18.5 Å². The Morgan fingerprint density at radius 3 is 2.55 bits per heavy atom. The van der Waals surface area contributed by atoms with Gasteiger partial charge in [-0.05, 0) is 17.5 Å². The minimum atomic E-state index is -0.585. The van der Waals surface area contributed by atoms with Crippen molar-refractivity contribution in [3.05, 3.63) is 42.0 Å². The molecule has 1 amide bonds. The first-order valence-electron chi connectivity index (χ1n) is 7.19. The first-order chi connectivity index (χ1) is 10.7. The summed E-state index contributed by atoms with van der Waals surface area (Å²) in [6, 6.07) is 4.61. The molecule has 0 bridgehead atoms. The normalized spacial score (nSPS) is 21.5. The Labute approximate surface area is 127 Å². The summed E-state index contributed by atoms with van der Waals surface area (Å²) in [5, 5.41) is 19.9. The molecular weight excluding hydrogens is 287 g/mol. The second kappa shape index (κ2) is 5.98. The van der Waals surface area contributed by atoms with Gasteiger partial charge in [-0.2, -0.15) is 0 Å². The van der Waals surface area contributed by atoms with Crippen molar-refractivity contribution in [1.82, 2.24) is 9.88 Å². The quantitative estimate of drug-likeness (QED) is 0.889. The third-order valence-electron chi connectivity index (χ3n) is 4.32. The molecule has 1 aromatic carbocycles. The highest BCUT2D eigenvalue weighted by Crippen LogP contribution is 2.27. The fourth-order valence-corrected chi connectivity index (χ4v) is 3.03. The number of pyridine rings is 1. The highest BCUT2D eigenvalue weighted by Gasteiger charge is 2.35. The lowest BCUT2D eigenvalue weighted by molar-refractivity contribution is 0.0776. The third kappa shape index (κ3) is 2.44. The Balaban J connectivity index is 1.98. The van der Waals surface area contributed by atoms with E-state index in [1.165, 1.54) is 17.2 Å². The topological polar surface area (TPSA) is 73.7 Å². The summed E-state index contributed by atoms with van der Waals surface area (Å²) in [4.78, 5) is 18.2. The fourth-order valence-electron chi connectivity index (χ4n) is 3.03. The number of fused-ring (bicyclic) bond motifs is 1. The van der Waals surface area contributed by atoms with Gasteiger partial charge in [0, 0.05) is 55.9 Å². The zero-order valence-electron chi connectivity index (χ0n) is 11.9. The lowest BCUT2D eigenvalue weighted by Crippen LogP contribution is -2.30. The van der Waals surface area contributed by atoms with E-state index < -0.39 is 11.7 Å². The summed E-state index contributed by atoms with van der Waals surface area (Å²) in [6.07, 6.45) is 3.07. The molecule has 6 heteroatoms. The van der Waals surface area contributed by atoms with Crippen LogP contribution in [0.25, 0.3) is 10.8 Å². The van der Waals surface area contributed by atoms with Gasteiger partial charge in [-0.1, -0.05) is 6.07 Å². The summed E-state index contributed by atoms with van der Waals surface area (Å²) < 4.78 is 14.2. The molecular formula is C16H17FN2O3. The first-order valence-corrected chi connectivity index (χ1v) is 7.19. The highest BCUT2D eigenvalue weighted by molar-refractivity contribution is 6.07. The van der Waals surface area contributed by atoms with Crippen molar-refractivity contribution in [2.45, 2.75) is 0 Å². The molecule has 0 unspecified atom stereocenters. The number of likely N-dealkylation sites (tertiary alicyclic amines) is 1. The van der Waals surface area contributed by atoms with Crippen LogP contribution >= 0.6 is 0 Å². The molecule has 0 saturated carbocycles. The largest absolute Gasteiger partial charge is 0.396 e. The Morgan fingerprint density at radius 1 is 1.23 bits per heavy atom. The average molecular weight is 304 g/mol. The lowest BCUT2D eigenvalue weighted by Gasteiger charge is -2.18. The Morgan fingerprint density at radius 2 is 1.91 bits per heavy atom. The van der Waals surface area contributed by atoms with Gasteiger partial charge in [-0.3, -0.25) is 9.78 Å². The number of aliphatic hydroxyl groups excluding tert-OH is 2. The molecule has 0 spiro atoms. The van der Waals surface area contributed by atoms with Crippen LogP contribution in [-0.2, 0) is 0 Å². The SMILES string of the molecule is O=C(c1c(F)ccc2ccncc12)N1C[C@@H](CO)[C@H](CO)C1. The van der Waals surface area contributed by atoms with Crippen LogP contribution in [0.2, 0.25) is 0 Å². The second-order valence-electron chi connectivity index (χ2n) is 5.61. The molecule has 5 nitrogen and oxygen atoms in total. The molecule has 22 heavy (non-hydrogen) atoms. The number of halogens is 1. The van der Waals surface area contributed by atoms with Gasteiger partial charge in [0.05, 0.1) is 5.56 Å². The molecule has 0 aliphatic carbocycles. The molecule has 1 saturated heterocycles. The molecule has 3 rings (SSSR count). The van der Waals surface area contributed by atoms with Gasteiger partial charge in [0.1, 0.15) is 5.82 Å². The Hall–Kier alpha value is -2.05. The molecule has 2 N–H and O–H groups in total. The number of amides is 1. The monoisotopic (exact) mass is 304 g/mol. The second-order valence-corrected chi connectivity index (χ2v) is 5.61. The van der Waals surface area contributed by atoms with Crippen molar-refractivity contribution in [1.29, 1.82) is 0 Å². The molecule has 0 radical (unpaired) electrons. The molecule has 1 aliphatic heterocycles. The minimum Gasteiger partial charge on any atom is -0.396 e. The lowest BCUT2D eigenvalue weighted by atomic mass is 9.98.